The Balaban J connectivity index is 1.73. The highest BCUT2D eigenvalue weighted by molar-refractivity contribution is 7.99. The van der Waals surface area contributed by atoms with Crippen LogP contribution in [0.2, 0.25) is 0 Å². The highest BCUT2D eigenvalue weighted by atomic mass is 32.2. The second kappa shape index (κ2) is 5.96. The first-order chi connectivity index (χ1) is 11.5. The number of fused-ring (bicyclic) bond motifs is 3. The molecule has 126 valence electrons. The molecule has 9 heteroatoms. The molecule has 2 atom stereocenters. The Morgan fingerprint density at radius 1 is 1.46 bits per heavy atom. The van der Waals surface area contributed by atoms with Gasteiger partial charge in [-0.1, -0.05) is 18.7 Å². The topological polar surface area (TPSA) is 89.3 Å². The molecule has 3 aromatic heterocycles. The average Bonchev–Trinajstić information content (AvgIpc) is 3.10. The zero-order valence-corrected chi connectivity index (χ0v) is 15.4. The van der Waals surface area contributed by atoms with Crippen molar-refractivity contribution >= 4 is 33.3 Å². The number of H-pyrrole nitrogens is 1. The first-order valence-corrected chi connectivity index (χ1v) is 9.66. The van der Waals surface area contributed by atoms with Gasteiger partial charge in [0.15, 0.2) is 0 Å². The van der Waals surface area contributed by atoms with Crippen LogP contribution in [0, 0.1) is 5.92 Å². The Labute approximate surface area is 146 Å². The van der Waals surface area contributed by atoms with E-state index < -0.39 is 0 Å². The monoisotopic (exact) mass is 362 g/mol. The van der Waals surface area contributed by atoms with Gasteiger partial charge in [-0.3, -0.25) is 4.79 Å². The van der Waals surface area contributed by atoms with Gasteiger partial charge in [0.25, 0.3) is 5.56 Å². The summed E-state index contributed by atoms with van der Waals surface area (Å²) in [6.07, 6.45) is 3.18. The van der Waals surface area contributed by atoms with Crippen molar-refractivity contribution in [2.24, 2.45) is 13.0 Å². The fraction of sp³-hybridized carbons (Fsp3) is 0.533. The molecule has 3 aromatic rings. The summed E-state index contributed by atoms with van der Waals surface area (Å²) in [5, 5.41) is 12.9. The lowest BCUT2D eigenvalue weighted by Crippen LogP contribution is -2.15. The maximum Gasteiger partial charge on any atom is 0.259 e. The molecular weight excluding hydrogens is 344 g/mol. The minimum Gasteiger partial charge on any atom is -0.309 e. The summed E-state index contributed by atoms with van der Waals surface area (Å²) in [6, 6.07) is 0. The van der Waals surface area contributed by atoms with Crippen LogP contribution < -0.4 is 5.56 Å². The average molecular weight is 362 g/mol. The number of tetrazole rings is 1. The van der Waals surface area contributed by atoms with E-state index in [0.29, 0.717) is 16.9 Å². The largest absolute Gasteiger partial charge is 0.309 e. The van der Waals surface area contributed by atoms with Crippen LogP contribution >= 0.6 is 23.1 Å². The smallest absolute Gasteiger partial charge is 0.259 e. The standard InChI is InChI=1S/C15H18N6OS2/c1-7-4-5-9-10(6-7)24-14-11(9)13(22)16-12(17-14)8(2)23-15-18-19-20-21(15)3/h7-8H,4-6H2,1-3H3,(H,16,17,22)/t7-,8-/m1/s1. The van der Waals surface area contributed by atoms with Crippen molar-refractivity contribution in [3.63, 3.8) is 0 Å². The van der Waals surface area contributed by atoms with Crippen LogP contribution in [-0.2, 0) is 19.9 Å². The normalized spacial score (nSPS) is 18.7. The van der Waals surface area contributed by atoms with Gasteiger partial charge in [0.2, 0.25) is 5.16 Å². The SMILES string of the molecule is C[C@@H]1CCc2c(sc3nc([C@@H](C)Sc4nnnn4C)[nH]c(=O)c23)C1. The van der Waals surface area contributed by atoms with E-state index >= 15 is 0 Å². The summed E-state index contributed by atoms with van der Waals surface area (Å²) in [6.45, 7) is 4.27. The molecule has 1 aliphatic rings. The van der Waals surface area contributed by atoms with Crippen LogP contribution in [0.4, 0.5) is 0 Å². The predicted octanol–water partition coefficient (Wildman–Crippen LogP) is 2.49. The number of hydrogen-bond donors (Lipinski definition) is 1. The van der Waals surface area contributed by atoms with Crippen molar-refractivity contribution in [2.75, 3.05) is 0 Å². The van der Waals surface area contributed by atoms with E-state index in [1.54, 1.807) is 23.1 Å². The number of nitrogens with one attached hydrogen (secondary N) is 1. The number of hydrogen-bond acceptors (Lipinski definition) is 7. The highest BCUT2D eigenvalue weighted by Crippen LogP contribution is 2.37. The summed E-state index contributed by atoms with van der Waals surface area (Å²) in [5.41, 5.74) is 1.19. The van der Waals surface area contributed by atoms with Crippen LogP contribution in [0.3, 0.4) is 0 Å². The van der Waals surface area contributed by atoms with Gasteiger partial charge in [0.05, 0.1) is 10.6 Å². The van der Waals surface area contributed by atoms with Gasteiger partial charge < -0.3 is 4.98 Å². The van der Waals surface area contributed by atoms with Crippen LogP contribution in [0.5, 0.6) is 0 Å². The summed E-state index contributed by atoms with van der Waals surface area (Å²) in [4.78, 5) is 22.5. The fourth-order valence-electron chi connectivity index (χ4n) is 3.09. The summed E-state index contributed by atoms with van der Waals surface area (Å²) >= 11 is 3.16. The van der Waals surface area contributed by atoms with Crippen LogP contribution in [-0.4, -0.2) is 30.2 Å². The summed E-state index contributed by atoms with van der Waals surface area (Å²) < 4.78 is 1.61. The summed E-state index contributed by atoms with van der Waals surface area (Å²) in [7, 11) is 1.79. The van der Waals surface area contributed by atoms with Gasteiger partial charge in [-0.25, -0.2) is 9.67 Å². The van der Waals surface area contributed by atoms with E-state index in [-0.39, 0.29) is 10.8 Å². The van der Waals surface area contributed by atoms with Crippen LogP contribution in [0.1, 0.15) is 41.8 Å². The highest BCUT2D eigenvalue weighted by Gasteiger charge is 2.24. The molecule has 1 aliphatic carbocycles. The second-order valence-electron chi connectivity index (χ2n) is 6.33. The van der Waals surface area contributed by atoms with Crippen molar-refractivity contribution < 1.29 is 0 Å². The Hall–Kier alpha value is -1.74. The van der Waals surface area contributed by atoms with E-state index in [9.17, 15) is 4.79 Å². The third-order valence-electron chi connectivity index (χ3n) is 4.43. The molecule has 3 heterocycles. The van der Waals surface area contributed by atoms with E-state index in [0.717, 1.165) is 29.5 Å². The Bertz CT molecular complexity index is 959. The predicted molar refractivity (Wildman–Crippen MR) is 94.5 cm³/mol. The summed E-state index contributed by atoms with van der Waals surface area (Å²) in [5.74, 6) is 1.36. The first-order valence-electron chi connectivity index (χ1n) is 7.96. The van der Waals surface area contributed by atoms with E-state index in [2.05, 4.69) is 27.4 Å². The van der Waals surface area contributed by atoms with Gasteiger partial charge in [-0.05, 0) is 48.1 Å². The number of rotatable bonds is 3. The zero-order valence-electron chi connectivity index (χ0n) is 13.7. The minimum atomic E-state index is -0.0372. The van der Waals surface area contributed by atoms with Gasteiger partial charge in [-0.15, -0.1) is 16.4 Å². The zero-order chi connectivity index (χ0) is 16.8. The van der Waals surface area contributed by atoms with E-state index in [1.165, 1.54) is 22.2 Å². The molecule has 0 radical (unpaired) electrons. The lowest BCUT2D eigenvalue weighted by molar-refractivity contribution is 0.509. The Kier molecular flexibility index (Phi) is 3.92. The van der Waals surface area contributed by atoms with Crippen molar-refractivity contribution in [2.45, 2.75) is 43.5 Å². The molecule has 7 nitrogen and oxygen atoms in total. The maximum atomic E-state index is 12.6. The Morgan fingerprint density at radius 2 is 2.29 bits per heavy atom. The number of thiophene rings is 1. The maximum absolute atomic E-state index is 12.6. The van der Waals surface area contributed by atoms with Crippen molar-refractivity contribution in [3.05, 3.63) is 26.6 Å². The number of nitrogens with zero attached hydrogens (tertiary/aromatic N) is 5. The van der Waals surface area contributed by atoms with Gasteiger partial charge in [-0.2, -0.15) is 0 Å². The fourth-order valence-corrected chi connectivity index (χ4v) is 5.30. The van der Waals surface area contributed by atoms with Crippen LogP contribution in [0.15, 0.2) is 9.95 Å². The second-order valence-corrected chi connectivity index (χ2v) is 8.72. The molecule has 0 bridgehead atoms. The van der Waals surface area contributed by atoms with Gasteiger partial charge >= 0.3 is 0 Å². The van der Waals surface area contributed by atoms with Gasteiger partial charge in [0, 0.05) is 11.9 Å². The molecular formula is C15H18N6OS2. The molecule has 0 aromatic carbocycles. The minimum absolute atomic E-state index is 0.0226. The number of aromatic nitrogens is 6. The van der Waals surface area contributed by atoms with Crippen molar-refractivity contribution in [1.29, 1.82) is 0 Å². The lowest BCUT2D eigenvalue weighted by Gasteiger charge is -2.17. The molecule has 0 unspecified atom stereocenters. The molecule has 0 aliphatic heterocycles. The third kappa shape index (κ3) is 2.65. The number of aryl methyl sites for hydroxylation is 2. The number of aromatic amines is 1. The molecule has 1 N–H and O–H groups in total. The van der Waals surface area contributed by atoms with E-state index in [1.807, 2.05) is 6.92 Å². The Morgan fingerprint density at radius 3 is 3.04 bits per heavy atom. The third-order valence-corrected chi connectivity index (χ3v) is 6.71. The molecule has 0 spiro atoms. The molecule has 24 heavy (non-hydrogen) atoms. The molecule has 0 saturated carbocycles. The first kappa shape index (κ1) is 15.8. The molecule has 0 amide bonds. The van der Waals surface area contributed by atoms with Crippen LogP contribution in [0.25, 0.3) is 10.2 Å². The van der Waals surface area contributed by atoms with Crippen molar-refractivity contribution in [1.82, 2.24) is 30.2 Å². The van der Waals surface area contributed by atoms with E-state index in [4.69, 9.17) is 4.98 Å². The molecule has 0 fully saturated rings. The van der Waals surface area contributed by atoms with Crippen molar-refractivity contribution in [3.8, 4) is 0 Å². The number of thioether (sulfide) groups is 1. The quantitative estimate of drug-likeness (QED) is 0.720. The van der Waals surface area contributed by atoms with Gasteiger partial charge in [0.1, 0.15) is 10.7 Å². The molecule has 0 saturated heterocycles. The lowest BCUT2D eigenvalue weighted by atomic mass is 9.89. The molecule has 4 rings (SSSR count).